The molecule has 6 heteroatoms. The Hall–Kier alpha value is -2.37. The molecule has 0 saturated carbocycles. The van der Waals surface area contributed by atoms with Gasteiger partial charge in [-0.05, 0) is 24.3 Å². The molecule has 4 nitrogen and oxygen atoms in total. The lowest BCUT2D eigenvalue weighted by Gasteiger charge is -2.05. The standard InChI is InChI=1S/C17H13ClN2O2S/c1-22-11-6-4-5-10(9-11)14-16(23-17(19)20-14)15(21)12-7-2-3-8-13(12)18/h2-9H,1H3,(H2,19,20). The fourth-order valence-corrected chi connectivity index (χ4v) is 3.25. The summed E-state index contributed by atoms with van der Waals surface area (Å²) in [7, 11) is 1.59. The highest BCUT2D eigenvalue weighted by molar-refractivity contribution is 7.18. The fourth-order valence-electron chi connectivity index (χ4n) is 2.22. The van der Waals surface area contributed by atoms with E-state index >= 15 is 0 Å². The third-order valence-electron chi connectivity index (χ3n) is 3.31. The summed E-state index contributed by atoms with van der Waals surface area (Å²) in [5.41, 5.74) is 7.57. The first-order chi connectivity index (χ1) is 11.1. The molecular weight excluding hydrogens is 332 g/mol. The van der Waals surface area contributed by atoms with Crippen molar-refractivity contribution in [3.63, 3.8) is 0 Å². The predicted molar refractivity (Wildman–Crippen MR) is 93.4 cm³/mol. The van der Waals surface area contributed by atoms with Gasteiger partial charge in [-0.15, -0.1) is 0 Å². The van der Waals surface area contributed by atoms with E-state index in [-0.39, 0.29) is 5.78 Å². The topological polar surface area (TPSA) is 65.2 Å². The number of anilines is 1. The van der Waals surface area contributed by atoms with Crippen LogP contribution in [0, 0.1) is 0 Å². The summed E-state index contributed by atoms with van der Waals surface area (Å²) in [5, 5.41) is 0.735. The number of aromatic nitrogens is 1. The second-order valence-electron chi connectivity index (χ2n) is 4.77. The van der Waals surface area contributed by atoms with Gasteiger partial charge in [0.2, 0.25) is 5.78 Å². The summed E-state index contributed by atoms with van der Waals surface area (Å²) in [6.07, 6.45) is 0. The molecule has 2 aromatic carbocycles. The number of ether oxygens (including phenoxy) is 1. The van der Waals surface area contributed by atoms with Gasteiger partial charge in [0.25, 0.3) is 0 Å². The van der Waals surface area contributed by atoms with E-state index in [0.29, 0.717) is 32.0 Å². The highest BCUT2D eigenvalue weighted by Crippen LogP contribution is 2.34. The molecule has 0 aliphatic carbocycles. The maximum Gasteiger partial charge on any atom is 0.206 e. The smallest absolute Gasteiger partial charge is 0.206 e. The number of nitrogens with two attached hydrogens (primary N) is 1. The van der Waals surface area contributed by atoms with E-state index in [1.165, 1.54) is 0 Å². The number of rotatable bonds is 4. The molecule has 3 aromatic rings. The highest BCUT2D eigenvalue weighted by Gasteiger charge is 2.21. The SMILES string of the molecule is COc1cccc(-c2nc(N)sc2C(=O)c2ccccc2Cl)c1. The maximum atomic E-state index is 12.8. The van der Waals surface area contributed by atoms with Crippen LogP contribution in [0.25, 0.3) is 11.3 Å². The lowest BCUT2D eigenvalue weighted by Crippen LogP contribution is -2.01. The Morgan fingerprint density at radius 1 is 1.22 bits per heavy atom. The first-order valence-corrected chi connectivity index (χ1v) is 7.99. The molecule has 0 bridgehead atoms. The van der Waals surface area contributed by atoms with Crippen molar-refractivity contribution in [2.24, 2.45) is 0 Å². The summed E-state index contributed by atoms with van der Waals surface area (Å²) in [4.78, 5) is 17.6. The minimum Gasteiger partial charge on any atom is -0.497 e. The van der Waals surface area contributed by atoms with Crippen LogP contribution in [0.2, 0.25) is 5.02 Å². The van der Waals surface area contributed by atoms with Crippen LogP contribution in [-0.4, -0.2) is 17.9 Å². The van der Waals surface area contributed by atoms with E-state index < -0.39 is 0 Å². The zero-order valence-corrected chi connectivity index (χ0v) is 13.8. The maximum absolute atomic E-state index is 12.8. The van der Waals surface area contributed by atoms with E-state index in [0.717, 1.165) is 16.9 Å². The lowest BCUT2D eigenvalue weighted by atomic mass is 10.0. The summed E-state index contributed by atoms with van der Waals surface area (Å²) in [5.74, 6) is 0.493. The van der Waals surface area contributed by atoms with Crippen LogP contribution < -0.4 is 10.5 Å². The van der Waals surface area contributed by atoms with Gasteiger partial charge in [-0.2, -0.15) is 0 Å². The van der Waals surface area contributed by atoms with Crippen LogP contribution in [-0.2, 0) is 0 Å². The molecule has 0 atom stereocenters. The van der Waals surface area contributed by atoms with Crippen molar-refractivity contribution < 1.29 is 9.53 Å². The zero-order valence-electron chi connectivity index (χ0n) is 12.2. The van der Waals surface area contributed by atoms with Crippen molar-refractivity contribution in [2.75, 3.05) is 12.8 Å². The van der Waals surface area contributed by atoms with Crippen molar-refractivity contribution in [2.45, 2.75) is 0 Å². The molecule has 0 unspecified atom stereocenters. The number of hydrogen-bond acceptors (Lipinski definition) is 5. The van der Waals surface area contributed by atoms with Crippen LogP contribution in [0.4, 0.5) is 5.13 Å². The molecule has 3 rings (SSSR count). The second-order valence-corrected chi connectivity index (χ2v) is 6.21. The summed E-state index contributed by atoms with van der Waals surface area (Å²) in [6.45, 7) is 0. The molecule has 0 spiro atoms. The summed E-state index contributed by atoms with van der Waals surface area (Å²) < 4.78 is 5.23. The van der Waals surface area contributed by atoms with E-state index in [4.69, 9.17) is 22.1 Å². The van der Waals surface area contributed by atoms with Crippen LogP contribution in [0.1, 0.15) is 15.2 Å². The molecule has 0 amide bonds. The molecule has 1 heterocycles. The third-order valence-corrected chi connectivity index (χ3v) is 4.52. The van der Waals surface area contributed by atoms with Gasteiger partial charge in [0.1, 0.15) is 10.6 Å². The van der Waals surface area contributed by atoms with Gasteiger partial charge in [0, 0.05) is 11.1 Å². The third kappa shape index (κ3) is 3.06. The average molecular weight is 345 g/mol. The van der Waals surface area contributed by atoms with Crippen LogP contribution in [0.15, 0.2) is 48.5 Å². The monoisotopic (exact) mass is 344 g/mol. The minimum atomic E-state index is -0.192. The molecule has 0 fully saturated rings. The number of benzene rings is 2. The van der Waals surface area contributed by atoms with Gasteiger partial charge >= 0.3 is 0 Å². The molecule has 0 aliphatic rings. The Morgan fingerprint density at radius 3 is 2.74 bits per heavy atom. The van der Waals surface area contributed by atoms with Crippen LogP contribution in [0.5, 0.6) is 5.75 Å². The number of methoxy groups -OCH3 is 1. The van der Waals surface area contributed by atoms with Gasteiger partial charge < -0.3 is 10.5 Å². The molecule has 23 heavy (non-hydrogen) atoms. The normalized spacial score (nSPS) is 10.5. The number of ketones is 1. The second kappa shape index (κ2) is 6.40. The number of halogens is 1. The van der Waals surface area contributed by atoms with E-state index in [1.807, 2.05) is 24.3 Å². The number of carbonyl (C=O) groups excluding carboxylic acids is 1. The van der Waals surface area contributed by atoms with E-state index in [1.54, 1.807) is 31.4 Å². The fraction of sp³-hybridized carbons (Fsp3) is 0.0588. The van der Waals surface area contributed by atoms with Crippen LogP contribution >= 0.6 is 22.9 Å². The van der Waals surface area contributed by atoms with Gasteiger partial charge in [-0.25, -0.2) is 4.98 Å². The van der Waals surface area contributed by atoms with Gasteiger partial charge in [0.05, 0.1) is 17.8 Å². The Balaban J connectivity index is 2.11. The van der Waals surface area contributed by atoms with Crippen molar-refractivity contribution in [1.82, 2.24) is 4.98 Å². The van der Waals surface area contributed by atoms with E-state index in [9.17, 15) is 4.79 Å². The Bertz CT molecular complexity index is 877. The number of nitrogen functional groups attached to an aromatic ring is 1. The average Bonchev–Trinajstić information content (AvgIpc) is 2.96. The van der Waals surface area contributed by atoms with Gasteiger partial charge in [-0.1, -0.05) is 47.2 Å². The Kier molecular flexibility index (Phi) is 4.32. The van der Waals surface area contributed by atoms with Crippen LogP contribution in [0.3, 0.4) is 0 Å². The quantitative estimate of drug-likeness (QED) is 0.717. The number of carbonyl (C=O) groups is 1. The highest BCUT2D eigenvalue weighted by atomic mass is 35.5. The minimum absolute atomic E-state index is 0.192. The summed E-state index contributed by atoms with van der Waals surface area (Å²) >= 11 is 7.29. The number of nitrogens with zero attached hydrogens (tertiary/aromatic N) is 1. The molecule has 0 saturated heterocycles. The molecule has 116 valence electrons. The Labute approximate surface area is 142 Å². The van der Waals surface area contributed by atoms with Crippen molar-refractivity contribution in [1.29, 1.82) is 0 Å². The van der Waals surface area contributed by atoms with Gasteiger partial charge in [-0.3, -0.25) is 4.79 Å². The van der Waals surface area contributed by atoms with Crippen molar-refractivity contribution in [3.05, 3.63) is 64.0 Å². The molecule has 1 aromatic heterocycles. The number of thiazole rings is 1. The summed E-state index contributed by atoms with van der Waals surface area (Å²) in [6, 6.07) is 14.3. The van der Waals surface area contributed by atoms with E-state index in [2.05, 4.69) is 4.98 Å². The van der Waals surface area contributed by atoms with Crippen molar-refractivity contribution in [3.8, 4) is 17.0 Å². The molecule has 2 N–H and O–H groups in total. The van der Waals surface area contributed by atoms with Gasteiger partial charge in [0.15, 0.2) is 5.13 Å². The molecule has 0 aliphatic heterocycles. The zero-order chi connectivity index (χ0) is 16.4. The predicted octanol–water partition coefficient (Wildman–Crippen LogP) is 4.29. The Morgan fingerprint density at radius 2 is 2.00 bits per heavy atom. The largest absolute Gasteiger partial charge is 0.497 e. The molecular formula is C17H13ClN2O2S. The molecule has 0 radical (unpaired) electrons. The van der Waals surface area contributed by atoms with Crippen molar-refractivity contribution >= 4 is 33.9 Å². The first-order valence-electron chi connectivity index (χ1n) is 6.80. The number of hydrogen-bond donors (Lipinski definition) is 1. The lowest BCUT2D eigenvalue weighted by molar-refractivity contribution is 0.104. The first kappa shape index (κ1) is 15.5.